The number of fused-ring (bicyclic) bond motifs is 1. The van der Waals surface area contributed by atoms with Gasteiger partial charge in [-0.05, 0) is 23.9 Å². The first-order chi connectivity index (χ1) is 9.25. The Balaban J connectivity index is 2.16. The number of halogens is 1. The standard InChI is InChI=1S/C14H9IN2O2/c18-12-10-7-4-8-16-13(10)17-14(19)11(12)15-9-5-2-1-3-6-9/h1-8H,(H-,16,17,18,19). The second-order valence-corrected chi connectivity index (χ2v) is 6.75. The third-order valence-corrected chi connectivity index (χ3v) is 5.48. The van der Waals surface area contributed by atoms with Crippen LogP contribution in [0.3, 0.4) is 0 Å². The zero-order valence-corrected chi connectivity index (χ0v) is 11.9. The summed E-state index contributed by atoms with van der Waals surface area (Å²) in [7, 11) is 0. The van der Waals surface area contributed by atoms with Crippen molar-refractivity contribution in [2.45, 2.75) is 0 Å². The Hall–Kier alpha value is -1.89. The average Bonchev–Trinajstić information content (AvgIpc) is 2.45. The fourth-order valence-corrected chi connectivity index (χ4v) is 4.06. The summed E-state index contributed by atoms with van der Waals surface area (Å²) in [6, 6.07) is 13.0. The minimum Gasteiger partial charge on any atom is -0.869 e. The molecule has 0 spiro atoms. The molecule has 0 bridgehead atoms. The number of nitrogens with one attached hydrogen (secondary N) is 1. The molecule has 0 aliphatic carbocycles. The molecule has 1 N–H and O–H groups in total. The molecular weight excluding hydrogens is 355 g/mol. The molecule has 3 aromatic rings. The van der Waals surface area contributed by atoms with Gasteiger partial charge in [-0.25, -0.2) is 4.98 Å². The summed E-state index contributed by atoms with van der Waals surface area (Å²) < 4.78 is 1.41. The smallest absolute Gasteiger partial charge is 0.363 e. The molecule has 0 aliphatic heterocycles. The van der Waals surface area contributed by atoms with Crippen LogP contribution in [0, 0.1) is 7.14 Å². The van der Waals surface area contributed by atoms with Crippen molar-refractivity contribution in [3.8, 4) is 5.75 Å². The van der Waals surface area contributed by atoms with Gasteiger partial charge in [-0.15, -0.1) is 0 Å². The Morgan fingerprint density at radius 3 is 2.68 bits per heavy atom. The van der Waals surface area contributed by atoms with Crippen molar-refractivity contribution in [2.24, 2.45) is 0 Å². The third kappa shape index (κ3) is 2.33. The van der Waals surface area contributed by atoms with E-state index in [-0.39, 0.29) is 11.3 Å². The lowest BCUT2D eigenvalue weighted by atomic mass is 10.3. The predicted molar refractivity (Wildman–Crippen MR) is 65.6 cm³/mol. The topological polar surface area (TPSA) is 68.8 Å². The van der Waals surface area contributed by atoms with Gasteiger partial charge in [-0.1, -0.05) is 24.3 Å². The van der Waals surface area contributed by atoms with Crippen molar-refractivity contribution in [1.29, 1.82) is 0 Å². The average molecular weight is 364 g/mol. The largest absolute Gasteiger partial charge is 0.869 e. The molecule has 0 unspecified atom stereocenters. The van der Waals surface area contributed by atoms with Crippen molar-refractivity contribution < 1.29 is 26.3 Å². The van der Waals surface area contributed by atoms with Gasteiger partial charge in [-0.2, -0.15) is 0 Å². The van der Waals surface area contributed by atoms with Crippen LogP contribution in [0.15, 0.2) is 53.5 Å². The van der Waals surface area contributed by atoms with Gasteiger partial charge in [-0.3, -0.25) is 4.79 Å². The first-order valence-corrected chi connectivity index (χ1v) is 7.79. The molecule has 19 heavy (non-hydrogen) atoms. The first kappa shape index (κ1) is 12.2. The summed E-state index contributed by atoms with van der Waals surface area (Å²) in [4.78, 5) is 18.7. The normalized spacial score (nSPS) is 10.7. The van der Waals surface area contributed by atoms with Gasteiger partial charge in [0, 0.05) is 11.6 Å². The summed E-state index contributed by atoms with van der Waals surface area (Å²) in [5.41, 5.74) is 0.0474. The number of aromatic amines is 1. The van der Waals surface area contributed by atoms with E-state index in [2.05, 4.69) is 9.97 Å². The molecule has 0 saturated heterocycles. The summed E-state index contributed by atoms with van der Waals surface area (Å²) in [6.45, 7) is 0. The Morgan fingerprint density at radius 1 is 1.11 bits per heavy atom. The van der Waals surface area contributed by atoms with Crippen LogP contribution in [0.25, 0.3) is 11.0 Å². The molecule has 0 radical (unpaired) electrons. The highest BCUT2D eigenvalue weighted by atomic mass is 127. The summed E-state index contributed by atoms with van der Waals surface area (Å²) in [5, 5.41) is 12.8. The quantitative estimate of drug-likeness (QED) is 0.542. The zero-order valence-electron chi connectivity index (χ0n) is 9.76. The van der Waals surface area contributed by atoms with E-state index in [1.54, 1.807) is 18.3 Å². The summed E-state index contributed by atoms with van der Waals surface area (Å²) in [6.07, 6.45) is 1.56. The third-order valence-electron chi connectivity index (χ3n) is 2.62. The highest BCUT2D eigenvalue weighted by molar-refractivity contribution is 5.80. The van der Waals surface area contributed by atoms with Gasteiger partial charge >= 0.3 is 26.8 Å². The minimum atomic E-state index is -0.774. The van der Waals surface area contributed by atoms with E-state index in [0.29, 0.717) is 14.6 Å². The van der Waals surface area contributed by atoms with Gasteiger partial charge in [0.2, 0.25) is 0 Å². The second kappa shape index (κ2) is 5.00. The van der Waals surface area contributed by atoms with E-state index >= 15 is 0 Å². The fourth-order valence-electron chi connectivity index (χ4n) is 1.74. The van der Waals surface area contributed by atoms with Crippen molar-refractivity contribution in [3.63, 3.8) is 0 Å². The second-order valence-electron chi connectivity index (χ2n) is 3.89. The maximum atomic E-state index is 12.3. The van der Waals surface area contributed by atoms with Crippen LogP contribution in [-0.2, 0) is 0 Å². The van der Waals surface area contributed by atoms with Gasteiger partial charge in [0.05, 0.1) is 0 Å². The number of H-pyrrole nitrogens is 1. The lowest BCUT2D eigenvalue weighted by molar-refractivity contribution is -0.605. The van der Waals surface area contributed by atoms with Crippen molar-refractivity contribution in [1.82, 2.24) is 9.97 Å². The lowest BCUT2D eigenvalue weighted by Crippen LogP contribution is -3.62. The fraction of sp³-hybridized carbons (Fsp3) is 0. The molecule has 2 heterocycles. The Bertz CT molecular complexity index is 784. The van der Waals surface area contributed by atoms with E-state index in [1.165, 1.54) is 0 Å². The molecule has 0 amide bonds. The Morgan fingerprint density at radius 2 is 1.89 bits per heavy atom. The number of hydrogen-bond donors (Lipinski definition) is 1. The summed E-state index contributed by atoms with van der Waals surface area (Å²) >= 11 is -0.774. The van der Waals surface area contributed by atoms with Gasteiger partial charge in [0.25, 0.3) is 3.57 Å². The maximum absolute atomic E-state index is 12.3. The molecule has 2 aromatic heterocycles. The highest BCUT2D eigenvalue weighted by Gasteiger charge is 2.22. The van der Waals surface area contributed by atoms with Crippen molar-refractivity contribution in [2.75, 3.05) is 0 Å². The molecular formula is C14H9IN2O2. The van der Waals surface area contributed by atoms with E-state index in [9.17, 15) is 9.90 Å². The number of pyridine rings is 2. The molecule has 0 fully saturated rings. The number of hydrogen-bond acceptors (Lipinski definition) is 3. The van der Waals surface area contributed by atoms with E-state index in [1.807, 2.05) is 30.3 Å². The first-order valence-electron chi connectivity index (χ1n) is 5.63. The highest BCUT2D eigenvalue weighted by Crippen LogP contribution is 2.14. The number of aromatic nitrogens is 2. The van der Waals surface area contributed by atoms with Crippen LogP contribution in [0.4, 0.5) is 0 Å². The summed E-state index contributed by atoms with van der Waals surface area (Å²) in [5.74, 6) is -0.191. The number of nitrogens with zero attached hydrogens (tertiary/aromatic N) is 1. The lowest BCUT2D eigenvalue weighted by Gasteiger charge is -2.08. The van der Waals surface area contributed by atoms with E-state index in [0.717, 1.165) is 3.57 Å². The predicted octanol–water partition coefficient (Wildman–Crippen LogP) is -1.87. The van der Waals surface area contributed by atoms with Gasteiger partial charge in [0.1, 0.15) is 5.65 Å². The Labute approximate surface area is 119 Å². The molecule has 0 atom stereocenters. The molecule has 5 heteroatoms. The van der Waals surface area contributed by atoms with Crippen LogP contribution in [0.2, 0.25) is 0 Å². The molecule has 1 aromatic carbocycles. The molecule has 0 aliphatic rings. The van der Waals surface area contributed by atoms with Crippen molar-refractivity contribution in [3.05, 3.63) is 66.2 Å². The van der Waals surface area contributed by atoms with Crippen LogP contribution >= 0.6 is 0 Å². The molecule has 94 valence electrons. The van der Waals surface area contributed by atoms with Crippen molar-refractivity contribution >= 4 is 11.0 Å². The molecule has 0 saturated carbocycles. The van der Waals surface area contributed by atoms with Crippen LogP contribution in [0.1, 0.15) is 0 Å². The monoisotopic (exact) mass is 364 g/mol. The number of benzene rings is 1. The molecule has 3 rings (SSSR count). The zero-order chi connectivity index (χ0) is 13.2. The van der Waals surface area contributed by atoms with E-state index < -0.39 is 21.2 Å². The molecule has 4 nitrogen and oxygen atoms in total. The Kier molecular flexibility index (Phi) is 3.20. The van der Waals surface area contributed by atoms with Gasteiger partial charge in [0.15, 0.2) is 3.57 Å². The van der Waals surface area contributed by atoms with Gasteiger partial charge < -0.3 is 10.1 Å². The van der Waals surface area contributed by atoms with E-state index in [4.69, 9.17) is 0 Å². The van der Waals surface area contributed by atoms with Crippen LogP contribution < -0.4 is 31.9 Å². The SMILES string of the molecule is O=c1[nH]c2ncccc2c([O-])c1[I+]c1ccccc1. The van der Waals surface area contributed by atoms with Crippen LogP contribution in [0.5, 0.6) is 5.75 Å². The van der Waals surface area contributed by atoms with Crippen LogP contribution in [-0.4, -0.2) is 9.97 Å². The minimum absolute atomic E-state index is 0.191. The maximum Gasteiger partial charge on any atom is 0.363 e. The number of rotatable bonds is 2.